The van der Waals surface area contributed by atoms with E-state index in [2.05, 4.69) is 107 Å². The highest BCUT2D eigenvalue weighted by Crippen LogP contribution is 2.65. The van der Waals surface area contributed by atoms with Crippen molar-refractivity contribution in [2.45, 2.75) is 148 Å². The van der Waals surface area contributed by atoms with Crippen LogP contribution in [0.1, 0.15) is 50.2 Å². The van der Waals surface area contributed by atoms with E-state index in [1.165, 1.54) is 68.4 Å². The number of hydrogen-bond acceptors (Lipinski definition) is 45. The molecule has 8 bridgehead atoms. The minimum atomic E-state index is -4.26. The Kier molecular flexibility index (Phi) is 25.8. The lowest BCUT2D eigenvalue weighted by Crippen LogP contribution is -2.45. The van der Waals surface area contributed by atoms with Crippen molar-refractivity contribution in [2.24, 2.45) is 0 Å². The topological polar surface area (TPSA) is 662 Å². The van der Waals surface area contributed by atoms with Crippen LogP contribution in [-0.2, 0) is 158 Å². The normalized spacial score (nSPS) is 37.6. The van der Waals surface area contributed by atoms with Gasteiger partial charge in [-0.15, -0.1) is 0 Å². The molecule has 10 aliphatic heterocycles. The van der Waals surface area contributed by atoms with E-state index in [4.69, 9.17) is 193 Å². The highest BCUT2D eigenvalue weighted by atomic mass is 32.9. The van der Waals surface area contributed by atoms with Crippen LogP contribution < -0.4 is 51.1 Å². The minimum Gasteiger partial charge on any atom is -0.398 e. The van der Waals surface area contributed by atoms with Gasteiger partial charge in [0.05, 0.1) is 101 Å². The van der Waals surface area contributed by atoms with Crippen molar-refractivity contribution >= 4 is 247 Å². The predicted molar refractivity (Wildman–Crippen MR) is 496 cm³/mol. The van der Waals surface area contributed by atoms with Crippen LogP contribution in [0.5, 0.6) is 0 Å². The molecule has 134 heavy (non-hydrogen) atoms. The van der Waals surface area contributed by atoms with Gasteiger partial charge in [-0.3, -0.25) is 61.2 Å². The maximum atomic E-state index is 16.1. The number of nitrogens with one attached hydrogen (secondary N) is 3. The molecular weight excluding hydrogens is 2080 g/mol. The van der Waals surface area contributed by atoms with Crippen molar-refractivity contribution < 1.29 is 115 Å². The summed E-state index contributed by atoms with van der Waals surface area (Å²) in [6.07, 6.45) is -11.6. The number of nitrogens with two attached hydrogens (primary N) is 6. The van der Waals surface area contributed by atoms with Crippen LogP contribution in [0.4, 0.5) is 48.1 Å². The molecule has 28 atom stereocenters. The Balaban J connectivity index is 0.000000125. The molecule has 0 saturated carbocycles. The second kappa shape index (κ2) is 36.3. The molecule has 18 N–H and O–H groups in total. The van der Waals surface area contributed by atoms with Crippen LogP contribution in [0.15, 0.2) is 95.1 Å². The van der Waals surface area contributed by atoms with E-state index in [1.54, 1.807) is 22.9 Å². The first-order chi connectivity index (χ1) is 63.6. The number of thiol groups is 3. The van der Waals surface area contributed by atoms with Gasteiger partial charge in [0.25, 0.3) is 16.7 Å². The summed E-state index contributed by atoms with van der Waals surface area (Å²) in [5.74, 6) is -0.505. The van der Waals surface area contributed by atoms with Crippen molar-refractivity contribution in [1.82, 2.24) is 97.2 Å². The van der Waals surface area contributed by atoms with Crippen molar-refractivity contribution in [2.75, 3.05) is 80.7 Å². The molecule has 10 fully saturated rings. The molecule has 22 heterocycles. The largest absolute Gasteiger partial charge is 0.398 e. The molecule has 12 aromatic heterocycles. The first kappa shape index (κ1) is 95.2. The number of ether oxygens (including phenoxy) is 7. The standard InChI is InChI=1S/C22H24FN9O9P2S3.C22H26N8O8P2S3.C21H23F2N9O8P2S3/c23-10-9-3-36-42(34,44)41-15-14-20(31-6-27-11-8(24)1-2-26-16(11)31)39-22(15,4-35-14)5-37-43(45,46)40-13(10)19(38-9)32-7-28-12-17(32)29-21(25)30-18(12)33;23-12-1-3-25-18-11(12)2-4-29(18)16-6-13-15(36-16)8-34-40(42,43)38-14-5-10(7-33-39(32,41)37-13)35-21(14)30-9-26-17-19(30)27-22(24)28-20(17)31;22-10-8-3-35-41(34,43)39-14-9(38-19(11(14)23)31-5-27-12-7(24)1-2-26-16(12)31)4-36-42(44,45)40-15(10)20(37-8)32-6-28-13-17(32)29-21(25)30-18(13)33/h1-2,6-7,9-10,13-15,19-20H,3-5H2,(H2,24,26)(H,34,44)(H,45,46)(H3,25,29,30,33);1-4,9-10,13-16,21H,5-8H2,(H2,23,25)(H,32,41)(H,42,43)(H3,24,27,28,31);1-2,5-6,8-11,14-15,19-20H,3-4H2,(H2,24,26)(H,34,43)(H,44,45)(H3,25,29,30,33)/t9-,10+,13-,14-,15+,19-,20-,22-,42?;10-,13-,14+,15+,16+,21+,39?;8-,9-,10-,11+,14-,15-,19-,20-,41?/m101/s1. The number of fused-ring (bicyclic) bond motifs is 14. The molecule has 10 aliphatic rings. The quantitative estimate of drug-likeness (QED) is 0.0814. The Morgan fingerprint density at radius 1 is 0.403 bits per heavy atom. The Morgan fingerprint density at radius 2 is 0.851 bits per heavy atom. The molecule has 0 amide bonds. The molecule has 69 heteroatoms. The fourth-order valence-electron chi connectivity index (χ4n) is 16.8. The lowest BCUT2D eigenvalue weighted by Gasteiger charge is -2.34. The van der Waals surface area contributed by atoms with Gasteiger partial charge in [0.15, 0.2) is 94.4 Å². The van der Waals surface area contributed by atoms with Crippen molar-refractivity contribution in [3.8, 4) is 0 Å². The first-order valence-corrected chi connectivity index (χ1v) is 58.7. The third-order valence-electron chi connectivity index (χ3n) is 22.8. The third kappa shape index (κ3) is 18.4. The monoisotopic (exact) mass is 2150 g/mol. The minimum absolute atomic E-state index is 0.00303. The number of H-pyrrole nitrogens is 3. The van der Waals surface area contributed by atoms with Crippen LogP contribution >= 0.6 is 74.0 Å². The average molecular weight is 2150 g/mol. The summed E-state index contributed by atoms with van der Waals surface area (Å²) < 4.78 is 170. The summed E-state index contributed by atoms with van der Waals surface area (Å²) in [4.78, 5) is 124. The molecule has 51 nitrogen and oxygen atoms in total. The summed E-state index contributed by atoms with van der Waals surface area (Å²) in [6.45, 7) is -14.4. The van der Waals surface area contributed by atoms with Crippen LogP contribution in [-0.4, -0.2) is 255 Å². The number of anilines is 6. The number of nitrogens with zero attached hydrogens (tertiary/aromatic N) is 17. The van der Waals surface area contributed by atoms with Crippen molar-refractivity contribution in [3.63, 3.8) is 0 Å². The Bertz CT molecular complexity index is 7170. The van der Waals surface area contributed by atoms with E-state index in [0.29, 0.717) is 45.8 Å². The van der Waals surface area contributed by atoms with Gasteiger partial charge in [-0.25, -0.2) is 53.0 Å². The lowest BCUT2D eigenvalue weighted by atomic mass is 10.0. The van der Waals surface area contributed by atoms with Gasteiger partial charge in [-0.05, 0) is 95.1 Å². The summed E-state index contributed by atoms with van der Waals surface area (Å²) in [7, 11) is 0. The maximum absolute atomic E-state index is 16.1. The molecule has 22 rings (SSSR count). The second-order valence-corrected chi connectivity index (χ2v) is 55.4. The van der Waals surface area contributed by atoms with Gasteiger partial charge < -0.3 is 132 Å². The SMILES string of the molecule is Nc1nc2c(ncn2[C@@H]2O[C@@H]3COP(O)(=S)O[C@H]4C[C@H](n5ccc6c(N)ccnc65)O[C@@H]4COP(=S)(S)O[C@@H]2C3)c(=O)[nH]1.Nc1nc2c(ncn2[C@@H]2O[C@@H]3COP(O)(=S)O[C@H]4[C@H](F)[C@H](n5cnc6c(N)ccnc65)O[C@@H]4COP(=S)(S)O[C@@H]2[C@@H]3F)c(=O)[nH]1.Nc1nc2c(ncn2[C@@H]2O[C@@H]3COP(O)(=S)O[C@H]4[C@H]5OC[C@]4(COP(=S)(S)O[C@@H]2[C@H]3F)O[C@H]5n2cnc3c(N)ccnc32)c(=O)[nH]1. The van der Waals surface area contributed by atoms with Gasteiger partial charge in [0, 0.05) is 48.7 Å². The molecule has 10 saturated heterocycles. The molecule has 0 aromatic carbocycles. The zero-order chi connectivity index (χ0) is 94.1. The molecule has 12 aromatic rings. The number of halogens is 3. The zero-order valence-corrected chi connectivity index (χ0v) is 80.4. The lowest BCUT2D eigenvalue weighted by molar-refractivity contribution is -0.182. The highest BCUT2D eigenvalue weighted by molar-refractivity contribution is 8.60. The fourth-order valence-corrected chi connectivity index (χ4v) is 27.1. The number of imidazole rings is 5. The van der Waals surface area contributed by atoms with Crippen LogP contribution in [0.25, 0.3) is 66.9 Å². The van der Waals surface area contributed by atoms with Crippen LogP contribution in [0.2, 0.25) is 0 Å². The van der Waals surface area contributed by atoms with Gasteiger partial charge in [-0.1, -0.05) is 36.7 Å². The van der Waals surface area contributed by atoms with E-state index < -0.39 is 208 Å². The van der Waals surface area contributed by atoms with Gasteiger partial charge in [0.1, 0.15) is 89.5 Å². The van der Waals surface area contributed by atoms with E-state index in [-0.39, 0.29) is 89.8 Å². The Morgan fingerprint density at radius 3 is 1.40 bits per heavy atom. The number of nitrogen functional groups attached to an aromatic ring is 6. The number of aromatic amines is 3. The van der Waals surface area contributed by atoms with Gasteiger partial charge in [-0.2, -0.15) is 15.0 Å². The number of aromatic nitrogens is 20. The van der Waals surface area contributed by atoms with Crippen LogP contribution in [0, 0.1) is 0 Å². The molecule has 0 radical (unpaired) electrons. The number of hydrogen-bond donors (Lipinski definition) is 15. The number of alkyl halides is 3. The molecule has 0 aliphatic carbocycles. The number of pyridine rings is 3. The predicted octanol–water partition coefficient (Wildman–Crippen LogP) is 4.30. The van der Waals surface area contributed by atoms with Gasteiger partial charge in [0.2, 0.25) is 34.9 Å². The van der Waals surface area contributed by atoms with Crippen LogP contribution in [0.3, 0.4) is 0 Å². The zero-order valence-electron chi connectivity index (χ0n) is 67.5. The van der Waals surface area contributed by atoms with Gasteiger partial charge >= 0.3 is 20.2 Å². The smallest absolute Gasteiger partial charge is 0.325 e. The fraction of sp³-hybridized carbons (Fsp3) is 0.477. The number of rotatable bonds is 6. The Hall–Kier alpha value is -6.36. The van der Waals surface area contributed by atoms with Crippen molar-refractivity contribution in [1.29, 1.82) is 0 Å². The highest BCUT2D eigenvalue weighted by Gasteiger charge is 2.66. The first-order valence-electron chi connectivity index (χ1n) is 39.6. The van der Waals surface area contributed by atoms with E-state index in [0.717, 1.165) is 5.39 Å². The summed E-state index contributed by atoms with van der Waals surface area (Å²) in [5, 5.41) is 0.776. The Labute approximate surface area is 793 Å². The van der Waals surface area contributed by atoms with E-state index in [1.807, 2.05) is 16.8 Å². The summed E-state index contributed by atoms with van der Waals surface area (Å²) >= 11 is 46.1. The molecule has 0 spiro atoms. The molecule has 718 valence electrons. The average Bonchev–Trinajstić information content (AvgIpc) is 1.56. The maximum Gasteiger partial charge on any atom is 0.325 e. The third-order valence-corrected chi connectivity index (χ3v) is 34.1. The summed E-state index contributed by atoms with van der Waals surface area (Å²) in [6, 6.07) is 6.73. The summed E-state index contributed by atoms with van der Waals surface area (Å²) in [5.41, 5.74) is 25.2. The second-order valence-electron chi connectivity index (χ2n) is 31.3. The van der Waals surface area contributed by atoms with Crippen molar-refractivity contribution in [3.05, 3.63) is 112 Å². The van der Waals surface area contributed by atoms with E-state index >= 15 is 13.2 Å². The molecular formula is C65H73F3N26O25P6S9. The van der Waals surface area contributed by atoms with E-state index in [9.17, 15) is 29.1 Å². The molecule has 6 unspecified atom stereocenters.